The van der Waals surface area contributed by atoms with Crippen LogP contribution in [0.25, 0.3) is 0 Å². The van der Waals surface area contributed by atoms with Gasteiger partial charge in [0.05, 0.1) is 12.5 Å². The molecule has 19 heavy (non-hydrogen) atoms. The van der Waals surface area contributed by atoms with Gasteiger partial charge in [-0.3, -0.25) is 0 Å². The van der Waals surface area contributed by atoms with E-state index in [1.54, 1.807) is 12.1 Å². The average Bonchev–Trinajstić information content (AvgIpc) is 2.36. The maximum atomic E-state index is 13.6. The van der Waals surface area contributed by atoms with Crippen LogP contribution in [0.5, 0.6) is 5.75 Å². The molecule has 0 bridgehead atoms. The number of para-hydroxylation sites is 1. The number of rotatable bonds is 4. The molecule has 1 fully saturated rings. The second-order valence-electron chi connectivity index (χ2n) is 4.99. The summed E-state index contributed by atoms with van der Waals surface area (Å²) in [7, 11) is 0. The summed E-state index contributed by atoms with van der Waals surface area (Å²) >= 11 is 5.70. The molecule has 0 aromatic heterocycles. The van der Waals surface area contributed by atoms with E-state index >= 15 is 0 Å². The van der Waals surface area contributed by atoms with Crippen molar-refractivity contribution in [3.05, 3.63) is 29.6 Å². The van der Waals surface area contributed by atoms with E-state index in [-0.39, 0.29) is 37.0 Å². The summed E-state index contributed by atoms with van der Waals surface area (Å²) in [5.74, 6) is -3.12. The summed E-state index contributed by atoms with van der Waals surface area (Å²) in [5.41, 5.74) is 0.546. The fourth-order valence-corrected chi connectivity index (χ4v) is 2.65. The van der Waals surface area contributed by atoms with Gasteiger partial charge in [0.15, 0.2) is 11.6 Å². The molecule has 1 aromatic carbocycles. The van der Waals surface area contributed by atoms with E-state index in [0.29, 0.717) is 18.4 Å². The Kier molecular flexibility index (Phi) is 4.61. The lowest BCUT2D eigenvalue weighted by atomic mass is 9.87. The lowest BCUT2D eigenvalue weighted by Crippen LogP contribution is -2.29. The first-order valence-corrected chi connectivity index (χ1v) is 6.89. The molecule has 0 aliphatic heterocycles. The van der Waals surface area contributed by atoms with E-state index in [1.807, 2.05) is 0 Å². The highest BCUT2D eigenvalue weighted by Gasteiger charge is 2.36. The molecular weight excluding hydrogens is 277 g/mol. The zero-order valence-corrected chi connectivity index (χ0v) is 11.2. The highest BCUT2D eigenvalue weighted by molar-refractivity contribution is 6.17. The van der Waals surface area contributed by atoms with E-state index in [2.05, 4.69) is 0 Å². The van der Waals surface area contributed by atoms with Crippen molar-refractivity contribution < 1.29 is 17.9 Å². The van der Waals surface area contributed by atoms with E-state index < -0.39 is 11.7 Å². The van der Waals surface area contributed by atoms with Gasteiger partial charge in [-0.15, -0.1) is 11.6 Å². The van der Waals surface area contributed by atoms with Gasteiger partial charge in [-0.1, -0.05) is 12.1 Å². The first kappa shape index (κ1) is 14.5. The Morgan fingerprint density at radius 3 is 2.84 bits per heavy atom. The lowest BCUT2D eigenvalue weighted by molar-refractivity contribution is -0.0587. The Labute approximate surface area is 115 Å². The fourth-order valence-electron chi connectivity index (χ4n) is 2.44. The quantitative estimate of drug-likeness (QED) is 0.726. The zero-order chi connectivity index (χ0) is 13.9. The Hall–Kier alpha value is -0.900. The average molecular weight is 293 g/mol. The molecule has 0 heterocycles. The van der Waals surface area contributed by atoms with E-state index in [1.165, 1.54) is 6.07 Å². The molecule has 1 saturated carbocycles. The first-order chi connectivity index (χ1) is 9.02. The van der Waals surface area contributed by atoms with Gasteiger partial charge in [0, 0.05) is 18.4 Å². The largest absolute Gasteiger partial charge is 0.490 e. The Morgan fingerprint density at radius 2 is 2.16 bits per heavy atom. The van der Waals surface area contributed by atoms with Crippen LogP contribution >= 0.6 is 11.6 Å². The van der Waals surface area contributed by atoms with Crippen molar-refractivity contribution in [2.45, 2.75) is 37.5 Å². The molecule has 1 unspecified atom stereocenters. The van der Waals surface area contributed by atoms with Gasteiger partial charge < -0.3 is 4.74 Å². The molecule has 1 nitrogen and oxygen atoms in total. The molecule has 1 atom stereocenters. The number of alkyl halides is 3. The number of ether oxygens (including phenoxy) is 1. The van der Waals surface area contributed by atoms with Crippen LogP contribution in [-0.2, 0) is 5.88 Å². The summed E-state index contributed by atoms with van der Waals surface area (Å²) in [6.07, 6.45) is 0.939. The van der Waals surface area contributed by atoms with E-state index in [0.717, 1.165) is 0 Å². The molecule has 1 aliphatic carbocycles. The molecule has 0 radical (unpaired) electrons. The SMILES string of the molecule is Fc1cccc(CCl)c1OCC1CCCC(F)(F)C1. The van der Waals surface area contributed by atoms with Crippen molar-refractivity contribution in [3.63, 3.8) is 0 Å². The predicted molar refractivity (Wildman–Crippen MR) is 68.4 cm³/mol. The maximum absolute atomic E-state index is 13.6. The fraction of sp³-hybridized carbons (Fsp3) is 0.571. The topological polar surface area (TPSA) is 9.23 Å². The van der Waals surface area contributed by atoms with Crippen molar-refractivity contribution in [2.24, 2.45) is 5.92 Å². The Morgan fingerprint density at radius 1 is 1.37 bits per heavy atom. The number of halogens is 4. The van der Waals surface area contributed by atoms with Gasteiger partial charge in [-0.05, 0) is 24.8 Å². The predicted octanol–water partition coefficient (Wildman–Crippen LogP) is 4.77. The number of hydrogen-bond donors (Lipinski definition) is 0. The van der Waals surface area contributed by atoms with Gasteiger partial charge in [0.25, 0.3) is 0 Å². The Bertz CT molecular complexity index is 437. The highest BCUT2D eigenvalue weighted by atomic mass is 35.5. The van der Waals surface area contributed by atoms with Gasteiger partial charge in [-0.25, -0.2) is 13.2 Å². The minimum Gasteiger partial charge on any atom is -0.490 e. The second kappa shape index (κ2) is 6.04. The summed E-state index contributed by atoms with van der Waals surface area (Å²) in [4.78, 5) is 0. The monoisotopic (exact) mass is 292 g/mol. The molecule has 0 amide bonds. The molecule has 0 spiro atoms. The third-order valence-electron chi connectivity index (χ3n) is 3.40. The van der Waals surface area contributed by atoms with Gasteiger partial charge in [-0.2, -0.15) is 0 Å². The summed E-state index contributed by atoms with van der Waals surface area (Å²) in [5, 5.41) is 0. The Balaban J connectivity index is 1.99. The molecule has 0 N–H and O–H groups in total. The number of benzene rings is 1. The summed E-state index contributed by atoms with van der Waals surface area (Å²) in [6, 6.07) is 4.50. The standard InChI is InChI=1S/C14H16ClF3O/c15-8-11-4-1-5-12(16)13(11)19-9-10-3-2-6-14(17,18)7-10/h1,4-5,10H,2-3,6-9H2. The summed E-state index contributed by atoms with van der Waals surface area (Å²) < 4.78 is 45.5. The van der Waals surface area contributed by atoms with Gasteiger partial charge in [0.1, 0.15) is 0 Å². The maximum Gasteiger partial charge on any atom is 0.248 e. The molecule has 106 valence electrons. The van der Waals surface area contributed by atoms with Crippen molar-refractivity contribution >= 4 is 11.6 Å². The van der Waals surface area contributed by atoms with Crippen molar-refractivity contribution in [3.8, 4) is 5.75 Å². The normalized spacial score (nSPS) is 22.2. The van der Waals surface area contributed by atoms with Crippen LogP contribution < -0.4 is 4.74 Å². The van der Waals surface area contributed by atoms with Gasteiger partial charge >= 0.3 is 0 Å². The number of hydrogen-bond acceptors (Lipinski definition) is 1. The molecule has 1 aromatic rings. The molecule has 2 rings (SSSR count). The van der Waals surface area contributed by atoms with Crippen LogP contribution in [0.1, 0.15) is 31.2 Å². The van der Waals surface area contributed by atoms with Crippen molar-refractivity contribution in [1.82, 2.24) is 0 Å². The lowest BCUT2D eigenvalue weighted by Gasteiger charge is -2.28. The molecule has 1 aliphatic rings. The van der Waals surface area contributed by atoms with E-state index in [9.17, 15) is 13.2 Å². The molecular formula is C14H16ClF3O. The minimum atomic E-state index is -2.61. The van der Waals surface area contributed by atoms with Crippen molar-refractivity contribution in [1.29, 1.82) is 0 Å². The van der Waals surface area contributed by atoms with Crippen LogP contribution in [-0.4, -0.2) is 12.5 Å². The van der Waals surface area contributed by atoms with Crippen LogP contribution in [0.15, 0.2) is 18.2 Å². The smallest absolute Gasteiger partial charge is 0.248 e. The molecule has 0 saturated heterocycles. The summed E-state index contributed by atoms with van der Waals surface area (Å²) in [6.45, 7) is 0.112. The minimum absolute atomic E-state index is 0.0594. The third-order valence-corrected chi connectivity index (χ3v) is 3.69. The van der Waals surface area contributed by atoms with Crippen LogP contribution in [0, 0.1) is 11.7 Å². The van der Waals surface area contributed by atoms with E-state index in [4.69, 9.17) is 16.3 Å². The van der Waals surface area contributed by atoms with Crippen LogP contribution in [0.4, 0.5) is 13.2 Å². The first-order valence-electron chi connectivity index (χ1n) is 6.36. The van der Waals surface area contributed by atoms with Gasteiger partial charge in [0.2, 0.25) is 5.92 Å². The van der Waals surface area contributed by atoms with Crippen LogP contribution in [0.3, 0.4) is 0 Å². The zero-order valence-electron chi connectivity index (χ0n) is 10.5. The van der Waals surface area contributed by atoms with Crippen LogP contribution in [0.2, 0.25) is 0 Å². The third kappa shape index (κ3) is 3.78. The second-order valence-corrected chi connectivity index (χ2v) is 5.26. The molecule has 5 heteroatoms. The highest BCUT2D eigenvalue weighted by Crippen LogP contribution is 2.37. The van der Waals surface area contributed by atoms with Crippen molar-refractivity contribution in [2.75, 3.05) is 6.61 Å².